The fraction of sp³-hybridized carbons (Fsp3) is 0.933. The number of amides is 1. The molecule has 19 heavy (non-hydrogen) atoms. The lowest BCUT2D eigenvalue weighted by Crippen LogP contribution is -2.58. The van der Waals surface area contributed by atoms with Crippen molar-refractivity contribution in [1.82, 2.24) is 9.80 Å². The van der Waals surface area contributed by atoms with Gasteiger partial charge in [0, 0.05) is 31.2 Å². The maximum absolute atomic E-state index is 12.4. The Kier molecular flexibility index (Phi) is 4.08. The zero-order chi connectivity index (χ0) is 13.2. The van der Waals surface area contributed by atoms with Crippen molar-refractivity contribution in [3.63, 3.8) is 0 Å². The van der Waals surface area contributed by atoms with E-state index >= 15 is 0 Å². The fourth-order valence-corrected chi connectivity index (χ4v) is 4.18. The summed E-state index contributed by atoms with van der Waals surface area (Å²) in [5.74, 6) is 0.354. The smallest absolute Gasteiger partial charge is 0.236 e. The molecule has 3 saturated heterocycles. The summed E-state index contributed by atoms with van der Waals surface area (Å²) in [7, 11) is 0. The van der Waals surface area contributed by atoms with Crippen LogP contribution in [0.4, 0.5) is 0 Å². The van der Waals surface area contributed by atoms with Gasteiger partial charge in [-0.05, 0) is 44.9 Å². The highest BCUT2D eigenvalue weighted by Crippen LogP contribution is 2.33. The molecule has 108 valence electrons. The van der Waals surface area contributed by atoms with Crippen molar-refractivity contribution in [3.05, 3.63) is 0 Å². The Bertz CT molecular complexity index is 313. The first-order valence-corrected chi connectivity index (χ1v) is 8.03. The monoisotopic (exact) mass is 265 g/mol. The van der Waals surface area contributed by atoms with Gasteiger partial charge in [0.05, 0.1) is 6.54 Å². The minimum Gasteiger partial charge on any atom is -0.342 e. The highest BCUT2D eigenvalue weighted by Gasteiger charge is 2.38. The van der Waals surface area contributed by atoms with E-state index in [4.69, 9.17) is 5.73 Å². The molecule has 0 aliphatic carbocycles. The molecule has 3 fully saturated rings. The normalized spacial score (nSPS) is 36.3. The highest BCUT2D eigenvalue weighted by atomic mass is 16.2. The van der Waals surface area contributed by atoms with Crippen molar-refractivity contribution >= 4 is 5.91 Å². The van der Waals surface area contributed by atoms with Crippen molar-refractivity contribution in [2.24, 2.45) is 5.73 Å². The van der Waals surface area contributed by atoms with Crippen LogP contribution in [0.1, 0.15) is 51.4 Å². The van der Waals surface area contributed by atoms with Crippen molar-refractivity contribution in [2.45, 2.75) is 69.5 Å². The zero-order valence-corrected chi connectivity index (χ0v) is 11.9. The Morgan fingerprint density at radius 2 is 1.63 bits per heavy atom. The van der Waals surface area contributed by atoms with E-state index in [-0.39, 0.29) is 0 Å². The number of carbonyl (C=O) groups is 1. The number of piperidine rings is 3. The molecule has 3 aliphatic rings. The number of hydrogen-bond donors (Lipinski definition) is 1. The van der Waals surface area contributed by atoms with Gasteiger partial charge in [-0.3, -0.25) is 9.69 Å². The predicted molar refractivity (Wildman–Crippen MR) is 75.8 cm³/mol. The van der Waals surface area contributed by atoms with Gasteiger partial charge in [0.25, 0.3) is 0 Å². The van der Waals surface area contributed by atoms with Gasteiger partial charge in [-0.25, -0.2) is 0 Å². The summed E-state index contributed by atoms with van der Waals surface area (Å²) in [5, 5.41) is 0. The van der Waals surface area contributed by atoms with Gasteiger partial charge in [0.15, 0.2) is 0 Å². The van der Waals surface area contributed by atoms with E-state index in [2.05, 4.69) is 9.80 Å². The molecule has 0 aromatic rings. The average Bonchev–Trinajstić information content (AvgIpc) is 2.41. The van der Waals surface area contributed by atoms with Crippen molar-refractivity contribution < 1.29 is 4.79 Å². The first kappa shape index (κ1) is 13.4. The van der Waals surface area contributed by atoms with Crippen LogP contribution in [-0.4, -0.2) is 53.5 Å². The summed E-state index contributed by atoms with van der Waals surface area (Å²) < 4.78 is 0. The number of hydrogen-bond acceptors (Lipinski definition) is 3. The number of nitrogens with two attached hydrogens (primary N) is 1. The summed E-state index contributed by atoms with van der Waals surface area (Å²) in [6.07, 6.45) is 9.61. The van der Waals surface area contributed by atoms with E-state index < -0.39 is 0 Å². The quantitative estimate of drug-likeness (QED) is 0.820. The van der Waals surface area contributed by atoms with Crippen LogP contribution in [0.2, 0.25) is 0 Å². The second kappa shape index (κ2) is 5.80. The molecular weight excluding hydrogens is 238 g/mol. The van der Waals surface area contributed by atoms with E-state index in [1.807, 2.05) is 0 Å². The van der Waals surface area contributed by atoms with E-state index in [0.717, 1.165) is 25.9 Å². The van der Waals surface area contributed by atoms with E-state index in [9.17, 15) is 4.79 Å². The fourth-order valence-electron chi connectivity index (χ4n) is 4.18. The SMILES string of the molecule is NC1CC2CCCC(C1)N2CC(=O)N1CCCCC1. The number of nitrogens with zero attached hydrogens (tertiary/aromatic N) is 2. The number of rotatable bonds is 2. The highest BCUT2D eigenvalue weighted by molar-refractivity contribution is 5.78. The molecule has 4 heteroatoms. The van der Waals surface area contributed by atoms with Crippen LogP contribution in [0.5, 0.6) is 0 Å². The number of fused-ring (bicyclic) bond motifs is 2. The second-order valence-electron chi connectivity index (χ2n) is 6.58. The third kappa shape index (κ3) is 2.95. The molecule has 2 N–H and O–H groups in total. The molecule has 4 nitrogen and oxygen atoms in total. The maximum Gasteiger partial charge on any atom is 0.236 e. The van der Waals surface area contributed by atoms with Crippen LogP contribution in [0.15, 0.2) is 0 Å². The Morgan fingerprint density at radius 1 is 1.00 bits per heavy atom. The summed E-state index contributed by atoms with van der Waals surface area (Å²) in [6.45, 7) is 2.59. The maximum atomic E-state index is 12.4. The third-order valence-electron chi connectivity index (χ3n) is 5.19. The summed E-state index contributed by atoms with van der Waals surface area (Å²) in [6, 6.07) is 1.49. The molecule has 3 aliphatic heterocycles. The van der Waals surface area contributed by atoms with Crippen LogP contribution >= 0.6 is 0 Å². The average molecular weight is 265 g/mol. The molecule has 0 aromatic carbocycles. The topological polar surface area (TPSA) is 49.6 Å². The zero-order valence-electron chi connectivity index (χ0n) is 11.9. The van der Waals surface area contributed by atoms with Gasteiger partial charge in [-0.1, -0.05) is 6.42 Å². The van der Waals surface area contributed by atoms with E-state index in [1.165, 1.54) is 38.5 Å². The first-order chi connectivity index (χ1) is 9.24. The molecule has 0 aromatic heterocycles. The van der Waals surface area contributed by atoms with Crippen LogP contribution in [0.3, 0.4) is 0 Å². The standard InChI is InChI=1S/C15H27N3O/c16-12-9-13-5-4-6-14(10-12)18(13)11-15(19)17-7-2-1-3-8-17/h12-14H,1-11,16H2. The molecular formula is C15H27N3O. The van der Waals surface area contributed by atoms with Crippen LogP contribution in [0.25, 0.3) is 0 Å². The molecule has 0 spiro atoms. The van der Waals surface area contributed by atoms with Crippen molar-refractivity contribution in [3.8, 4) is 0 Å². The molecule has 2 atom stereocenters. The van der Waals surface area contributed by atoms with Gasteiger partial charge in [-0.15, -0.1) is 0 Å². The number of carbonyl (C=O) groups excluding carboxylic acids is 1. The largest absolute Gasteiger partial charge is 0.342 e. The van der Waals surface area contributed by atoms with Gasteiger partial charge in [-0.2, -0.15) is 0 Å². The third-order valence-corrected chi connectivity index (χ3v) is 5.19. The van der Waals surface area contributed by atoms with E-state index in [0.29, 0.717) is 30.6 Å². The van der Waals surface area contributed by atoms with Gasteiger partial charge < -0.3 is 10.6 Å². The Balaban J connectivity index is 1.60. The van der Waals surface area contributed by atoms with Crippen LogP contribution in [0, 0.1) is 0 Å². The van der Waals surface area contributed by atoms with Crippen molar-refractivity contribution in [2.75, 3.05) is 19.6 Å². The summed E-state index contributed by atoms with van der Waals surface area (Å²) in [4.78, 5) is 17.0. The molecule has 3 heterocycles. The minimum absolute atomic E-state index is 0.354. The van der Waals surface area contributed by atoms with E-state index in [1.54, 1.807) is 0 Å². The Morgan fingerprint density at radius 3 is 2.26 bits per heavy atom. The lowest BCUT2D eigenvalue weighted by Gasteiger charge is -2.48. The first-order valence-electron chi connectivity index (χ1n) is 8.03. The van der Waals surface area contributed by atoms with Crippen LogP contribution in [-0.2, 0) is 4.79 Å². The molecule has 2 unspecified atom stereocenters. The number of likely N-dealkylation sites (tertiary alicyclic amines) is 1. The second-order valence-corrected chi connectivity index (χ2v) is 6.58. The predicted octanol–water partition coefficient (Wildman–Crippen LogP) is 1.34. The van der Waals surface area contributed by atoms with Crippen LogP contribution < -0.4 is 5.73 Å². The van der Waals surface area contributed by atoms with Crippen molar-refractivity contribution in [1.29, 1.82) is 0 Å². The molecule has 0 saturated carbocycles. The van der Waals surface area contributed by atoms with Gasteiger partial charge in [0.2, 0.25) is 5.91 Å². The summed E-state index contributed by atoms with van der Waals surface area (Å²) >= 11 is 0. The summed E-state index contributed by atoms with van der Waals surface area (Å²) in [5.41, 5.74) is 6.14. The molecule has 0 radical (unpaired) electrons. The lowest BCUT2D eigenvalue weighted by molar-refractivity contribution is -0.136. The lowest BCUT2D eigenvalue weighted by atomic mass is 9.82. The Labute approximate surface area is 116 Å². The molecule has 2 bridgehead atoms. The van der Waals surface area contributed by atoms with Gasteiger partial charge >= 0.3 is 0 Å². The molecule has 3 rings (SSSR count). The Hall–Kier alpha value is -0.610. The molecule has 1 amide bonds. The minimum atomic E-state index is 0.354. The van der Waals surface area contributed by atoms with Gasteiger partial charge in [0.1, 0.15) is 0 Å².